The molecule has 128 valence electrons. The van der Waals surface area contributed by atoms with Crippen molar-refractivity contribution >= 4 is 50.2 Å². The molecule has 0 unspecified atom stereocenters. The molecule has 3 aromatic rings. The highest BCUT2D eigenvalue weighted by molar-refractivity contribution is 14.1. The smallest absolute Gasteiger partial charge is 0.252 e. The van der Waals surface area contributed by atoms with E-state index < -0.39 is 5.24 Å². The molecule has 0 saturated carbocycles. The quantitative estimate of drug-likeness (QED) is 0.340. The molecular weight excluding hydrogens is 451 g/mol. The molecule has 25 heavy (non-hydrogen) atoms. The Labute approximate surface area is 165 Å². The van der Waals surface area contributed by atoms with Crippen LogP contribution in [0.25, 0.3) is 10.8 Å². The lowest BCUT2D eigenvalue weighted by molar-refractivity contribution is 0.108. The fourth-order valence-corrected chi connectivity index (χ4v) is 3.52. The minimum atomic E-state index is -0.514. The van der Waals surface area contributed by atoms with E-state index in [1.165, 1.54) is 5.39 Å². The van der Waals surface area contributed by atoms with Gasteiger partial charge in [-0.1, -0.05) is 42.5 Å². The number of carbonyl (C=O) groups excluding carboxylic acids is 1. The van der Waals surface area contributed by atoms with Gasteiger partial charge in [-0.05, 0) is 69.6 Å². The monoisotopic (exact) mass is 466 g/mol. The minimum absolute atomic E-state index is 0.395. The number of hydrogen-bond donors (Lipinski definition) is 0. The third kappa shape index (κ3) is 4.07. The SMILES string of the molecule is CCOc1cc(C(=O)Cl)cc(I)c1OCc1cccc2ccccc12. The van der Waals surface area contributed by atoms with Crippen molar-refractivity contribution in [3.8, 4) is 11.5 Å². The lowest BCUT2D eigenvalue weighted by Gasteiger charge is -2.15. The van der Waals surface area contributed by atoms with Crippen LogP contribution in [0.2, 0.25) is 0 Å². The second-order valence-corrected chi connectivity index (χ2v) is 6.92. The summed E-state index contributed by atoms with van der Waals surface area (Å²) in [4.78, 5) is 11.5. The van der Waals surface area contributed by atoms with E-state index in [0.717, 1.165) is 14.5 Å². The Kier molecular flexibility index (Phi) is 5.81. The highest BCUT2D eigenvalue weighted by Gasteiger charge is 2.15. The molecule has 0 fully saturated rings. The van der Waals surface area contributed by atoms with E-state index in [-0.39, 0.29) is 0 Å². The van der Waals surface area contributed by atoms with E-state index in [2.05, 4.69) is 40.8 Å². The molecule has 0 aromatic heterocycles. The van der Waals surface area contributed by atoms with Gasteiger partial charge < -0.3 is 9.47 Å². The Morgan fingerprint density at radius 2 is 1.84 bits per heavy atom. The van der Waals surface area contributed by atoms with Gasteiger partial charge >= 0.3 is 0 Å². The molecular formula is C20H16ClIO3. The molecule has 0 atom stereocenters. The van der Waals surface area contributed by atoms with Crippen molar-refractivity contribution < 1.29 is 14.3 Å². The molecule has 0 heterocycles. The Bertz CT molecular complexity index is 919. The Balaban J connectivity index is 1.93. The second-order valence-electron chi connectivity index (χ2n) is 5.42. The summed E-state index contributed by atoms with van der Waals surface area (Å²) in [6.45, 7) is 2.77. The average molecular weight is 467 g/mol. The summed E-state index contributed by atoms with van der Waals surface area (Å²) in [6, 6.07) is 17.7. The van der Waals surface area contributed by atoms with Gasteiger partial charge in [-0.25, -0.2) is 0 Å². The summed E-state index contributed by atoms with van der Waals surface area (Å²) in [5.41, 5.74) is 1.49. The zero-order valence-corrected chi connectivity index (χ0v) is 16.5. The van der Waals surface area contributed by atoms with Crippen molar-refractivity contribution in [3.63, 3.8) is 0 Å². The van der Waals surface area contributed by atoms with Crippen molar-refractivity contribution in [1.82, 2.24) is 0 Å². The number of ether oxygens (including phenoxy) is 2. The summed E-state index contributed by atoms with van der Waals surface area (Å²) < 4.78 is 12.5. The maximum atomic E-state index is 11.5. The minimum Gasteiger partial charge on any atom is -0.490 e. The number of carbonyl (C=O) groups is 1. The van der Waals surface area contributed by atoms with Crippen LogP contribution in [0.1, 0.15) is 22.8 Å². The molecule has 0 N–H and O–H groups in total. The first-order valence-electron chi connectivity index (χ1n) is 7.85. The largest absolute Gasteiger partial charge is 0.490 e. The standard InChI is InChI=1S/C20H16ClIO3/c1-2-24-18-11-15(20(21)23)10-17(22)19(18)25-12-14-8-5-7-13-6-3-4-9-16(13)14/h3-11H,2,12H2,1H3. The maximum Gasteiger partial charge on any atom is 0.252 e. The van der Waals surface area contributed by atoms with Crippen LogP contribution < -0.4 is 9.47 Å². The molecule has 0 radical (unpaired) electrons. The molecule has 3 rings (SSSR count). The van der Waals surface area contributed by atoms with E-state index in [1.54, 1.807) is 12.1 Å². The predicted octanol–water partition coefficient (Wildman–Crippen LogP) is 5.80. The van der Waals surface area contributed by atoms with Gasteiger partial charge in [-0.3, -0.25) is 4.79 Å². The lowest BCUT2D eigenvalue weighted by Crippen LogP contribution is -2.03. The Morgan fingerprint density at radius 1 is 1.08 bits per heavy atom. The summed E-state index contributed by atoms with van der Waals surface area (Å²) >= 11 is 7.73. The van der Waals surface area contributed by atoms with Gasteiger partial charge in [-0.15, -0.1) is 0 Å². The molecule has 0 saturated heterocycles. The maximum absolute atomic E-state index is 11.5. The van der Waals surface area contributed by atoms with Crippen molar-refractivity contribution in [2.45, 2.75) is 13.5 Å². The molecule has 5 heteroatoms. The molecule has 3 aromatic carbocycles. The van der Waals surface area contributed by atoms with Gasteiger partial charge in [0, 0.05) is 5.56 Å². The van der Waals surface area contributed by atoms with Gasteiger partial charge in [0.25, 0.3) is 5.24 Å². The van der Waals surface area contributed by atoms with Crippen LogP contribution in [-0.2, 0) is 6.61 Å². The molecule has 0 amide bonds. The first-order valence-corrected chi connectivity index (χ1v) is 9.31. The number of rotatable bonds is 6. The van der Waals surface area contributed by atoms with Crippen molar-refractivity contribution in [2.24, 2.45) is 0 Å². The van der Waals surface area contributed by atoms with Crippen LogP contribution in [0, 0.1) is 3.57 Å². The number of benzene rings is 3. The van der Waals surface area contributed by atoms with Crippen molar-refractivity contribution in [2.75, 3.05) is 6.61 Å². The van der Waals surface area contributed by atoms with Gasteiger partial charge in [0.2, 0.25) is 0 Å². The molecule has 0 bridgehead atoms. The number of halogens is 2. The topological polar surface area (TPSA) is 35.5 Å². The fraction of sp³-hybridized carbons (Fsp3) is 0.150. The third-order valence-electron chi connectivity index (χ3n) is 3.79. The zero-order chi connectivity index (χ0) is 17.8. The van der Waals surface area contributed by atoms with Gasteiger partial charge in [-0.2, -0.15) is 0 Å². The van der Waals surface area contributed by atoms with E-state index in [9.17, 15) is 4.79 Å². The zero-order valence-electron chi connectivity index (χ0n) is 13.6. The van der Waals surface area contributed by atoms with Gasteiger partial charge in [0.1, 0.15) is 6.61 Å². The van der Waals surface area contributed by atoms with Crippen LogP contribution in [0.5, 0.6) is 11.5 Å². The van der Waals surface area contributed by atoms with E-state index in [4.69, 9.17) is 21.1 Å². The summed E-state index contributed by atoms with van der Waals surface area (Å²) in [6.07, 6.45) is 0. The predicted molar refractivity (Wildman–Crippen MR) is 109 cm³/mol. The van der Waals surface area contributed by atoms with E-state index in [1.807, 2.05) is 31.2 Å². The van der Waals surface area contributed by atoms with Gasteiger partial charge in [0.05, 0.1) is 10.2 Å². The molecule has 0 spiro atoms. The molecule has 0 aliphatic heterocycles. The molecule has 0 aliphatic carbocycles. The van der Waals surface area contributed by atoms with Crippen LogP contribution in [-0.4, -0.2) is 11.8 Å². The molecule has 0 aliphatic rings. The van der Waals surface area contributed by atoms with Crippen LogP contribution in [0.4, 0.5) is 0 Å². The first kappa shape index (κ1) is 18.0. The van der Waals surface area contributed by atoms with Crippen molar-refractivity contribution in [3.05, 3.63) is 69.3 Å². The highest BCUT2D eigenvalue weighted by atomic mass is 127. The normalized spacial score (nSPS) is 10.7. The van der Waals surface area contributed by atoms with Crippen LogP contribution in [0.15, 0.2) is 54.6 Å². The van der Waals surface area contributed by atoms with Gasteiger partial charge in [0.15, 0.2) is 11.5 Å². The number of hydrogen-bond acceptors (Lipinski definition) is 3. The van der Waals surface area contributed by atoms with Crippen molar-refractivity contribution in [1.29, 1.82) is 0 Å². The Hall–Kier alpha value is -1.79. The first-order chi connectivity index (χ1) is 12.1. The van der Waals surface area contributed by atoms with Crippen LogP contribution >= 0.6 is 34.2 Å². The van der Waals surface area contributed by atoms with Crippen LogP contribution in [0.3, 0.4) is 0 Å². The highest BCUT2D eigenvalue weighted by Crippen LogP contribution is 2.35. The van der Waals surface area contributed by atoms with E-state index in [0.29, 0.717) is 30.3 Å². The Morgan fingerprint density at radius 3 is 2.60 bits per heavy atom. The molecule has 3 nitrogen and oxygen atoms in total. The number of fused-ring (bicyclic) bond motifs is 1. The fourth-order valence-electron chi connectivity index (χ4n) is 2.65. The lowest BCUT2D eigenvalue weighted by atomic mass is 10.1. The average Bonchev–Trinajstić information content (AvgIpc) is 2.61. The van der Waals surface area contributed by atoms with E-state index >= 15 is 0 Å². The second kappa shape index (κ2) is 8.06. The summed E-state index contributed by atoms with van der Waals surface area (Å²) in [7, 11) is 0. The summed E-state index contributed by atoms with van der Waals surface area (Å²) in [5, 5.41) is 1.82. The third-order valence-corrected chi connectivity index (χ3v) is 4.81. The summed E-state index contributed by atoms with van der Waals surface area (Å²) in [5.74, 6) is 1.15.